The third-order valence-electron chi connectivity index (χ3n) is 2.60. The second-order valence-corrected chi connectivity index (χ2v) is 4.85. The largest absolute Gasteiger partial charge is 0.387 e. The summed E-state index contributed by atoms with van der Waals surface area (Å²) < 4.78 is 0. The van der Waals surface area contributed by atoms with E-state index in [-0.39, 0.29) is 0 Å². The Hall–Kier alpha value is -0.315. The average molecular weight is 241 g/mol. The predicted octanol–water partition coefficient (Wildman–Crippen LogP) is 1.59. The van der Waals surface area contributed by atoms with E-state index >= 15 is 0 Å². The molecule has 17 heavy (non-hydrogen) atoms. The fourth-order valence-corrected chi connectivity index (χ4v) is 0.640. The van der Waals surface area contributed by atoms with E-state index in [2.05, 4.69) is 5.32 Å². The monoisotopic (exact) mass is 241 g/mol. The second kappa shape index (κ2) is 8.73. The number of rotatable bonds is 1. The summed E-state index contributed by atoms with van der Waals surface area (Å²) in [5, 5.41) is 21.4. The summed E-state index contributed by atoms with van der Waals surface area (Å²) >= 11 is 0. The van der Waals surface area contributed by atoms with Crippen molar-refractivity contribution in [3.63, 3.8) is 0 Å². The highest BCUT2D eigenvalue weighted by Crippen LogP contribution is 2.19. The van der Waals surface area contributed by atoms with Crippen molar-refractivity contribution in [3.8, 4) is 0 Å². The highest BCUT2D eigenvalue weighted by Gasteiger charge is 2.31. The van der Waals surface area contributed by atoms with Crippen molar-refractivity contribution in [1.29, 1.82) is 0 Å². The van der Waals surface area contributed by atoms with E-state index in [9.17, 15) is 0 Å². The van der Waals surface area contributed by atoms with Gasteiger partial charge in [0.15, 0.2) is 0 Å². The van der Waals surface area contributed by atoms with Crippen LogP contribution in [0, 0.1) is 0 Å². The van der Waals surface area contributed by atoms with E-state index in [0.717, 1.165) is 25.0 Å². The smallest absolute Gasteiger partial charge is 0.107 e. The van der Waals surface area contributed by atoms with Gasteiger partial charge in [0, 0.05) is 6.54 Å². The molecule has 0 saturated heterocycles. The van der Waals surface area contributed by atoms with Gasteiger partial charge in [-0.2, -0.15) is 0 Å². The number of hydrogen-bond acceptors (Lipinski definition) is 3. The minimum atomic E-state index is -1.01. The van der Waals surface area contributed by atoms with Gasteiger partial charge < -0.3 is 15.5 Å². The SMILES string of the molecule is CC.CC(C)(O)C(C)(C)O.[B]C1=CCNCC1. The fourth-order valence-electron chi connectivity index (χ4n) is 0.640. The molecule has 3 N–H and O–H groups in total. The Balaban J connectivity index is 0. The van der Waals surface area contributed by atoms with Gasteiger partial charge >= 0.3 is 0 Å². The van der Waals surface area contributed by atoms with E-state index in [1.165, 1.54) is 0 Å². The van der Waals surface area contributed by atoms with Gasteiger partial charge in [-0.1, -0.05) is 19.9 Å². The molecular formula is C13H28BNO2. The molecule has 0 aromatic heterocycles. The van der Waals surface area contributed by atoms with Crippen molar-refractivity contribution >= 4 is 7.85 Å². The minimum Gasteiger partial charge on any atom is -0.387 e. The van der Waals surface area contributed by atoms with Crippen LogP contribution in [0.4, 0.5) is 0 Å². The highest BCUT2D eigenvalue weighted by molar-refractivity contribution is 6.21. The lowest BCUT2D eigenvalue weighted by Gasteiger charge is -2.31. The van der Waals surface area contributed by atoms with Gasteiger partial charge in [-0.25, -0.2) is 0 Å². The molecule has 0 spiro atoms. The summed E-state index contributed by atoms with van der Waals surface area (Å²) in [6.45, 7) is 12.3. The van der Waals surface area contributed by atoms with Gasteiger partial charge in [-0.3, -0.25) is 0 Å². The molecule has 4 heteroatoms. The zero-order valence-corrected chi connectivity index (χ0v) is 12.2. The summed E-state index contributed by atoms with van der Waals surface area (Å²) in [5.41, 5.74) is -0.987. The van der Waals surface area contributed by atoms with Crippen LogP contribution in [-0.4, -0.2) is 42.4 Å². The first-order chi connectivity index (χ1) is 7.64. The Bertz CT molecular complexity index is 202. The van der Waals surface area contributed by atoms with Gasteiger partial charge in [-0.05, 0) is 40.7 Å². The highest BCUT2D eigenvalue weighted by atomic mass is 16.3. The first-order valence-corrected chi connectivity index (χ1v) is 6.24. The van der Waals surface area contributed by atoms with Gasteiger partial charge in [-0.15, -0.1) is 5.47 Å². The summed E-state index contributed by atoms with van der Waals surface area (Å²) in [7, 11) is 5.46. The third kappa shape index (κ3) is 10.6. The predicted molar refractivity (Wildman–Crippen MR) is 75.3 cm³/mol. The molecule has 0 unspecified atom stereocenters. The maximum absolute atomic E-state index is 9.10. The maximum Gasteiger partial charge on any atom is 0.107 e. The van der Waals surface area contributed by atoms with E-state index in [4.69, 9.17) is 18.1 Å². The summed E-state index contributed by atoms with van der Waals surface area (Å²) in [4.78, 5) is 0. The lowest BCUT2D eigenvalue weighted by atomic mass is 9.90. The third-order valence-corrected chi connectivity index (χ3v) is 2.60. The average Bonchev–Trinajstić information content (AvgIpc) is 2.20. The van der Waals surface area contributed by atoms with Gasteiger partial charge in [0.05, 0.1) is 11.2 Å². The van der Waals surface area contributed by atoms with Crippen LogP contribution in [0.2, 0.25) is 0 Å². The van der Waals surface area contributed by atoms with Crippen LogP contribution < -0.4 is 5.32 Å². The standard InChI is InChI=1S/C6H14O2.C5H8BN.C2H6/c1-5(2,7)6(3,4)8;6-5-1-3-7-4-2-5;1-2/h7-8H,1-4H3;1,7H,2-4H2;1-2H3. The quantitative estimate of drug-likeness (QED) is 0.611. The Kier molecular flexibility index (Phi) is 9.77. The Morgan fingerprint density at radius 1 is 1.12 bits per heavy atom. The van der Waals surface area contributed by atoms with E-state index < -0.39 is 11.2 Å². The molecule has 0 fully saturated rings. The molecule has 1 heterocycles. The molecule has 0 amide bonds. The van der Waals surface area contributed by atoms with Crippen LogP contribution in [0.3, 0.4) is 0 Å². The Labute approximate surface area is 108 Å². The van der Waals surface area contributed by atoms with Gasteiger partial charge in [0.2, 0.25) is 0 Å². The zero-order valence-electron chi connectivity index (χ0n) is 12.2. The zero-order chi connectivity index (χ0) is 14.1. The number of nitrogens with one attached hydrogen (secondary N) is 1. The van der Waals surface area contributed by atoms with E-state index in [1.807, 2.05) is 19.9 Å². The lowest BCUT2D eigenvalue weighted by molar-refractivity contribution is -0.107. The molecule has 0 bridgehead atoms. The molecule has 1 aliphatic heterocycles. The van der Waals surface area contributed by atoms with Crippen molar-refractivity contribution in [2.45, 2.75) is 59.2 Å². The molecule has 0 saturated carbocycles. The second-order valence-electron chi connectivity index (χ2n) is 4.85. The summed E-state index contributed by atoms with van der Waals surface area (Å²) in [6, 6.07) is 0. The molecular weight excluding hydrogens is 213 g/mol. The van der Waals surface area contributed by atoms with Crippen molar-refractivity contribution in [2.75, 3.05) is 13.1 Å². The minimum absolute atomic E-state index is 0.950. The van der Waals surface area contributed by atoms with Crippen molar-refractivity contribution in [2.24, 2.45) is 0 Å². The summed E-state index contributed by atoms with van der Waals surface area (Å²) in [6.07, 6.45) is 3.03. The van der Waals surface area contributed by atoms with Crippen LogP contribution in [0.15, 0.2) is 11.5 Å². The topological polar surface area (TPSA) is 52.5 Å². The number of hydrogen-bond donors (Lipinski definition) is 3. The van der Waals surface area contributed by atoms with Crippen molar-refractivity contribution < 1.29 is 10.2 Å². The van der Waals surface area contributed by atoms with E-state index in [0.29, 0.717) is 0 Å². The first kappa shape index (κ1) is 19.0. The van der Waals surface area contributed by atoms with Crippen LogP contribution in [0.5, 0.6) is 0 Å². The van der Waals surface area contributed by atoms with Crippen LogP contribution >= 0.6 is 0 Å². The Morgan fingerprint density at radius 3 is 1.65 bits per heavy atom. The van der Waals surface area contributed by atoms with Crippen molar-refractivity contribution in [3.05, 3.63) is 11.5 Å². The van der Waals surface area contributed by atoms with Gasteiger partial charge in [0.25, 0.3) is 0 Å². The maximum atomic E-state index is 9.10. The molecule has 0 atom stereocenters. The number of aliphatic hydroxyl groups is 2. The molecule has 0 aromatic rings. The van der Waals surface area contributed by atoms with Crippen LogP contribution in [0.1, 0.15) is 48.0 Å². The summed E-state index contributed by atoms with van der Waals surface area (Å²) in [5.74, 6) is 0. The Morgan fingerprint density at radius 2 is 1.53 bits per heavy atom. The lowest BCUT2D eigenvalue weighted by Crippen LogP contribution is -2.44. The molecule has 100 valence electrons. The molecule has 1 aliphatic rings. The molecule has 0 aromatic carbocycles. The van der Waals surface area contributed by atoms with E-state index in [1.54, 1.807) is 27.7 Å². The van der Waals surface area contributed by atoms with Crippen molar-refractivity contribution in [1.82, 2.24) is 5.32 Å². The molecule has 1 rings (SSSR count). The normalized spacial score (nSPS) is 15.9. The fraction of sp³-hybridized carbons (Fsp3) is 0.846. The molecule has 0 aliphatic carbocycles. The molecule has 3 nitrogen and oxygen atoms in total. The van der Waals surface area contributed by atoms with Gasteiger partial charge in [0.1, 0.15) is 7.85 Å². The van der Waals surface area contributed by atoms with Crippen LogP contribution in [-0.2, 0) is 0 Å². The molecule has 2 radical (unpaired) electrons. The first-order valence-electron chi connectivity index (χ1n) is 6.24. The van der Waals surface area contributed by atoms with Crippen LogP contribution in [0.25, 0.3) is 0 Å².